The van der Waals surface area contributed by atoms with E-state index in [4.69, 9.17) is 9.97 Å². The Morgan fingerprint density at radius 2 is 0.857 bits per heavy atom. The zero-order valence-corrected chi connectivity index (χ0v) is 34.7. The van der Waals surface area contributed by atoms with E-state index in [0.717, 1.165) is 56.0 Å². The maximum atomic E-state index is 5.41. The average Bonchev–Trinajstić information content (AvgIpc) is 3.99. The van der Waals surface area contributed by atoms with Crippen molar-refractivity contribution in [1.29, 1.82) is 0 Å². The molecule has 0 radical (unpaired) electrons. The number of hydrogen-bond donors (Lipinski definition) is 0. The lowest BCUT2D eigenvalue weighted by Crippen LogP contribution is -1.99. The molecule has 0 atom stereocenters. The van der Waals surface area contributed by atoms with E-state index in [9.17, 15) is 0 Å². The number of benzene rings is 9. The number of nitrogens with zero attached hydrogens (tertiary/aromatic N) is 4. The highest BCUT2D eigenvalue weighted by atomic mass is 15.0. The van der Waals surface area contributed by atoms with Crippen molar-refractivity contribution in [3.05, 3.63) is 219 Å². The van der Waals surface area contributed by atoms with Crippen LogP contribution >= 0.6 is 0 Å². The lowest BCUT2D eigenvalue weighted by Gasteiger charge is -2.14. The van der Waals surface area contributed by atoms with Crippen LogP contribution in [0.3, 0.4) is 0 Å². The minimum Gasteiger partial charge on any atom is -0.309 e. The van der Waals surface area contributed by atoms with Crippen molar-refractivity contribution in [3.63, 3.8) is 0 Å². The number of rotatable bonds is 5. The SMILES string of the molecule is C=CC.c1ccc(-c2nc(-c3cccc(-n4c5ccccc5c5c(-c6cccc7c6c6ccccc6n7-c6ccccc6)cccc54)c3)nc3c2-c2cccc4cccc-3c24)cc1. The molecule has 4 nitrogen and oxygen atoms in total. The van der Waals surface area contributed by atoms with Gasteiger partial charge in [-0.05, 0) is 82.9 Å². The van der Waals surface area contributed by atoms with E-state index in [0.29, 0.717) is 5.82 Å². The first kappa shape index (κ1) is 36.5. The van der Waals surface area contributed by atoms with Crippen LogP contribution in [-0.2, 0) is 0 Å². The van der Waals surface area contributed by atoms with Crippen molar-refractivity contribution in [1.82, 2.24) is 19.1 Å². The van der Waals surface area contributed by atoms with Gasteiger partial charge in [0.1, 0.15) is 0 Å². The zero-order chi connectivity index (χ0) is 42.0. The molecule has 13 rings (SSSR count). The Morgan fingerprint density at radius 1 is 0.397 bits per heavy atom. The molecule has 9 aromatic carbocycles. The van der Waals surface area contributed by atoms with Gasteiger partial charge in [0.15, 0.2) is 5.82 Å². The third-order valence-electron chi connectivity index (χ3n) is 12.4. The van der Waals surface area contributed by atoms with Crippen molar-refractivity contribution in [2.45, 2.75) is 6.92 Å². The average molecular weight is 805 g/mol. The highest BCUT2D eigenvalue weighted by Crippen LogP contribution is 2.50. The normalized spacial score (nSPS) is 11.6. The van der Waals surface area contributed by atoms with Crippen LogP contribution in [0, 0.1) is 0 Å². The summed E-state index contributed by atoms with van der Waals surface area (Å²) in [7, 11) is 0. The van der Waals surface area contributed by atoms with Gasteiger partial charge < -0.3 is 9.13 Å². The van der Waals surface area contributed by atoms with Gasteiger partial charge in [0, 0.05) is 55.2 Å². The third-order valence-corrected chi connectivity index (χ3v) is 12.4. The monoisotopic (exact) mass is 804 g/mol. The molecule has 4 heteroatoms. The molecular formula is C59H40N4. The van der Waals surface area contributed by atoms with E-state index in [1.165, 1.54) is 60.0 Å². The largest absolute Gasteiger partial charge is 0.309 e. The highest BCUT2D eigenvalue weighted by Gasteiger charge is 2.28. The summed E-state index contributed by atoms with van der Waals surface area (Å²) in [5, 5.41) is 7.40. The van der Waals surface area contributed by atoms with Gasteiger partial charge in [0.2, 0.25) is 0 Å². The Morgan fingerprint density at radius 3 is 1.51 bits per heavy atom. The summed E-state index contributed by atoms with van der Waals surface area (Å²) in [5.74, 6) is 0.710. The van der Waals surface area contributed by atoms with Crippen molar-refractivity contribution >= 4 is 54.4 Å². The number of fused-ring (bicyclic) bond motifs is 9. The maximum absolute atomic E-state index is 5.41. The van der Waals surface area contributed by atoms with Gasteiger partial charge in [0.05, 0.1) is 33.5 Å². The van der Waals surface area contributed by atoms with E-state index >= 15 is 0 Å². The van der Waals surface area contributed by atoms with E-state index in [-0.39, 0.29) is 0 Å². The van der Waals surface area contributed by atoms with Crippen LogP contribution in [0.2, 0.25) is 0 Å². The predicted molar refractivity (Wildman–Crippen MR) is 265 cm³/mol. The molecule has 0 amide bonds. The molecule has 0 fully saturated rings. The highest BCUT2D eigenvalue weighted by molar-refractivity contribution is 6.22. The molecule has 0 aliphatic heterocycles. The topological polar surface area (TPSA) is 35.6 Å². The molecular weight excluding hydrogens is 765 g/mol. The zero-order valence-electron chi connectivity index (χ0n) is 34.7. The fraction of sp³-hybridized carbons (Fsp3) is 0.0169. The first-order valence-corrected chi connectivity index (χ1v) is 21.5. The number of aromatic nitrogens is 4. The minimum atomic E-state index is 0.710. The Balaban J connectivity index is 0.00000137. The van der Waals surface area contributed by atoms with Crippen LogP contribution < -0.4 is 0 Å². The molecule has 1 aliphatic carbocycles. The second-order valence-corrected chi connectivity index (χ2v) is 16.1. The summed E-state index contributed by atoms with van der Waals surface area (Å²) in [6, 6.07) is 74.2. The fourth-order valence-corrected chi connectivity index (χ4v) is 10.00. The minimum absolute atomic E-state index is 0.710. The molecule has 0 spiro atoms. The summed E-state index contributed by atoms with van der Waals surface area (Å²) in [4.78, 5) is 10.8. The van der Waals surface area contributed by atoms with Crippen LogP contribution in [0.5, 0.6) is 0 Å². The van der Waals surface area contributed by atoms with Crippen molar-refractivity contribution in [3.8, 4) is 67.5 Å². The number of para-hydroxylation sites is 3. The predicted octanol–water partition coefficient (Wildman–Crippen LogP) is 15.7. The van der Waals surface area contributed by atoms with E-state index in [2.05, 4.69) is 222 Å². The van der Waals surface area contributed by atoms with Gasteiger partial charge in [-0.1, -0.05) is 164 Å². The standard InChI is InChI=1S/C56H34N4.C3H6/c1-3-16-36(17-4-1)54-53-44-28-12-18-35-19-13-29-45(50(35)44)55(53)58-56(57-54)37-20-11-23-39(34-37)60-47-31-10-8-25-43(47)52-41(27-15-33-49(52)60)40-26-14-32-48-51(40)42-24-7-9-30-46(42)59(48)38-21-5-2-6-22-38;1-3-2/h1-34H;3H,1H2,2H3. The van der Waals surface area contributed by atoms with Crippen LogP contribution in [0.25, 0.3) is 122 Å². The number of hydrogen-bond acceptors (Lipinski definition) is 2. The van der Waals surface area contributed by atoms with Gasteiger partial charge in [-0.3, -0.25) is 0 Å². The molecule has 0 saturated carbocycles. The molecule has 296 valence electrons. The number of allylic oxidation sites excluding steroid dienone is 1. The smallest absolute Gasteiger partial charge is 0.160 e. The van der Waals surface area contributed by atoms with Gasteiger partial charge in [-0.15, -0.1) is 6.58 Å². The lowest BCUT2D eigenvalue weighted by atomic mass is 9.95. The summed E-state index contributed by atoms with van der Waals surface area (Å²) in [6.07, 6.45) is 1.75. The van der Waals surface area contributed by atoms with E-state index < -0.39 is 0 Å². The van der Waals surface area contributed by atoms with Crippen molar-refractivity contribution in [2.24, 2.45) is 0 Å². The molecule has 3 aromatic heterocycles. The molecule has 0 bridgehead atoms. The Labute approximate surface area is 365 Å². The summed E-state index contributed by atoms with van der Waals surface area (Å²) >= 11 is 0. The quantitative estimate of drug-likeness (QED) is 0.162. The van der Waals surface area contributed by atoms with E-state index in [1.54, 1.807) is 6.08 Å². The van der Waals surface area contributed by atoms with Crippen LogP contribution in [-0.4, -0.2) is 19.1 Å². The molecule has 3 heterocycles. The molecule has 1 aliphatic rings. The third kappa shape index (κ3) is 5.62. The van der Waals surface area contributed by atoms with Gasteiger partial charge >= 0.3 is 0 Å². The Kier molecular flexibility index (Phi) is 8.51. The molecule has 0 unspecified atom stereocenters. The summed E-state index contributed by atoms with van der Waals surface area (Å²) < 4.78 is 4.81. The Bertz CT molecular complexity index is 3760. The molecule has 0 saturated heterocycles. The molecule has 0 N–H and O–H groups in total. The first-order valence-electron chi connectivity index (χ1n) is 21.5. The van der Waals surface area contributed by atoms with Gasteiger partial charge in [-0.2, -0.15) is 0 Å². The van der Waals surface area contributed by atoms with Gasteiger partial charge in [0.25, 0.3) is 0 Å². The second kappa shape index (κ2) is 14.7. The first-order chi connectivity index (χ1) is 31.2. The van der Waals surface area contributed by atoms with Crippen LogP contribution in [0.4, 0.5) is 0 Å². The fourth-order valence-electron chi connectivity index (χ4n) is 10.00. The van der Waals surface area contributed by atoms with Crippen molar-refractivity contribution < 1.29 is 0 Å². The lowest BCUT2D eigenvalue weighted by molar-refractivity contribution is 1.16. The van der Waals surface area contributed by atoms with Crippen LogP contribution in [0.15, 0.2) is 219 Å². The van der Waals surface area contributed by atoms with Gasteiger partial charge in [-0.25, -0.2) is 9.97 Å². The van der Waals surface area contributed by atoms with Crippen molar-refractivity contribution in [2.75, 3.05) is 0 Å². The van der Waals surface area contributed by atoms with Crippen LogP contribution in [0.1, 0.15) is 6.92 Å². The second-order valence-electron chi connectivity index (χ2n) is 16.1. The van der Waals surface area contributed by atoms with E-state index in [1.807, 2.05) is 6.92 Å². The summed E-state index contributed by atoms with van der Waals surface area (Å²) in [5.41, 5.74) is 16.8. The molecule has 63 heavy (non-hydrogen) atoms. The molecule has 12 aromatic rings. The Hall–Kier alpha value is -8.34. The summed E-state index contributed by atoms with van der Waals surface area (Å²) in [6.45, 7) is 5.25. The maximum Gasteiger partial charge on any atom is 0.160 e.